The Kier molecular flexibility index (Phi) is 3.71. The van der Waals surface area contributed by atoms with Crippen molar-refractivity contribution in [3.05, 3.63) is 22.2 Å². The van der Waals surface area contributed by atoms with Crippen LogP contribution >= 0.6 is 15.9 Å². The molecule has 1 aromatic carbocycles. The Morgan fingerprint density at radius 3 is 3.00 bits per heavy atom. The topological polar surface area (TPSA) is 41.5 Å². The van der Waals surface area contributed by atoms with Gasteiger partial charge >= 0.3 is 0 Å². The van der Waals surface area contributed by atoms with E-state index in [1.165, 1.54) is 12.0 Å². The van der Waals surface area contributed by atoms with E-state index in [4.69, 9.17) is 4.74 Å². The van der Waals surface area contributed by atoms with Gasteiger partial charge in [-0.25, -0.2) is 0 Å². The van der Waals surface area contributed by atoms with Crippen molar-refractivity contribution in [3.8, 4) is 11.5 Å². The molecule has 0 radical (unpaired) electrons. The van der Waals surface area contributed by atoms with Gasteiger partial charge in [0, 0.05) is 6.04 Å². The minimum absolute atomic E-state index is 0.184. The van der Waals surface area contributed by atoms with Crippen molar-refractivity contribution in [1.29, 1.82) is 0 Å². The Morgan fingerprint density at radius 1 is 1.56 bits per heavy atom. The molecular weight excluding hydrogens is 270 g/mol. The number of benzene rings is 1. The summed E-state index contributed by atoms with van der Waals surface area (Å²) in [6, 6.07) is 4.27. The number of rotatable bonds is 3. The Labute approximate surface area is 104 Å². The van der Waals surface area contributed by atoms with Crippen LogP contribution in [0.25, 0.3) is 0 Å². The van der Waals surface area contributed by atoms with Crippen molar-refractivity contribution in [1.82, 2.24) is 5.32 Å². The molecule has 1 aliphatic rings. The van der Waals surface area contributed by atoms with Gasteiger partial charge in [0.2, 0.25) is 0 Å². The SMILES string of the molecule is CCOc1cc([C@H]2CCCN2)cc(Br)c1O. The molecule has 1 saturated heterocycles. The van der Waals surface area contributed by atoms with E-state index in [9.17, 15) is 5.11 Å². The molecule has 0 saturated carbocycles. The van der Waals surface area contributed by atoms with Crippen molar-refractivity contribution in [3.63, 3.8) is 0 Å². The number of hydrogen-bond donors (Lipinski definition) is 2. The maximum absolute atomic E-state index is 9.80. The quantitative estimate of drug-likeness (QED) is 0.897. The van der Waals surface area contributed by atoms with Crippen LogP contribution in [0.4, 0.5) is 0 Å². The van der Waals surface area contributed by atoms with E-state index in [0.717, 1.165) is 13.0 Å². The van der Waals surface area contributed by atoms with Gasteiger partial charge < -0.3 is 15.2 Å². The molecule has 0 unspecified atom stereocenters. The van der Waals surface area contributed by atoms with Gasteiger partial charge in [-0.15, -0.1) is 0 Å². The second-order valence-corrected chi connectivity index (χ2v) is 4.79. The highest BCUT2D eigenvalue weighted by atomic mass is 79.9. The molecule has 0 aliphatic carbocycles. The van der Waals surface area contributed by atoms with Crippen LogP contribution in [0.5, 0.6) is 11.5 Å². The Morgan fingerprint density at radius 2 is 2.38 bits per heavy atom. The van der Waals surface area contributed by atoms with Gasteiger partial charge in [0.05, 0.1) is 11.1 Å². The molecule has 1 aromatic rings. The highest BCUT2D eigenvalue weighted by Crippen LogP contribution is 2.38. The first kappa shape index (κ1) is 11.7. The normalized spacial score (nSPS) is 20.0. The van der Waals surface area contributed by atoms with Crippen LogP contribution in [0.1, 0.15) is 31.4 Å². The maximum atomic E-state index is 9.80. The minimum Gasteiger partial charge on any atom is -0.503 e. The van der Waals surface area contributed by atoms with E-state index in [2.05, 4.69) is 21.2 Å². The van der Waals surface area contributed by atoms with Crippen LogP contribution < -0.4 is 10.1 Å². The van der Waals surface area contributed by atoms with E-state index >= 15 is 0 Å². The van der Waals surface area contributed by atoms with Gasteiger partial charge in [-0.1, -0.05) is 0 Å². The number of phenolic OH excluding ortho intramolecular Hbond substituents is 1. The maximum Gasteiger partial charge on any atom is 0.172 e. The van der Waals surface area contributed by atoms with Crippen LogP contribution in [-0.2, 0) is 0 Å². The highest BCUT2D eigenvalue weighted by molar-refractivity contribution is 9.10. The van der Waals surface area contributed by atoms with E-state index in [1.807, 2.05) is 19.1 Å². The zero-order chi connectivity index (χ0) is 11.5. The lowest BCUT2D eigenvalue weighted by atomic mass is 10.0. The molecule has 88 valence electrons. The van der Waals surface area contributed by atoms with Gasteiger partial charge in [0.1, 0.15) is 0 Å². The van der Waals surface area contributed by atoms with Gasteiger partial charge in [-0.2, -0.15) is 0 Å². The van der Waals surface area contributed by atoms with E-state index in [-0.39, 0.29) is 5.75 Å². The third-order valence-electron chi connectivity index (χ3n) is 2.81. The molecule has 1 aliphatic heterocycles. The number of halogens is 1. The molecule has 0 bridgehead atoms. The number of hydrogen-bond acceptors (Lipinski definition) is 3. The Balaban J connectivity index is 2.31. The molecule has 0 amide bonds. The first-order valence-corrected chi connectivity index (χ1v) is 6.40. The van der Waals surface area contributed by atoms with Gasteiger partial charge in [-0.05, 0) is 59.9 Å². The van der Waals surface area contributed by atoms with Crippen molar-refractivity contribution < 1.29 is 9.84 Å². The molecule has 3 nitrogen and oxygen atoms in total. The first-order valence-electron chi connectivity index (χ1n) is 5.61. The largest absolute Gasteiger partial charge is 0.503 e. The summed E-state index contributed by atoms with van der Waals surface area (Å²) < 4.78 is 6.11. The lowest BCUT2D eigenvalue weighted by Crippen LogP contribution is -2.13. The molecule has 1 heterocycles. The summed E-state index contributed by atoms with van der Waals surface area (Å²) in [5, 5.41) is 13.2. The molecular formula is C12H16BrNO2. The van der Waals surface area contributed by atoms with E-state index in [1.54, 1.807) is 0 Å². The molecule has 2 rings (SSSR count). The fourth-order valence-corrected chi connectivity index (χ4v) is 2.49. The first-order chi connectivity index (χ1) is 7.72. The van der Waals surface area contributed by atoms with Crippen LogP contribution in [0.3, 0.4) is 0 Å². The van der Waals surface area contributed by atoms with Crippen LogP contribution in [0.2, 0.25) is 0 Å². The van der Waals surface area contributed by atoms with E-state index in [0.29, 0.717) is 22.9 Å². The van der Waals surface area contributed by atoms with Gasteiger partial charge in [0.15, 0.2) is 11.5 Å². The van der Waals surface area contributed by atoms with Crippen molar-refractivity contribution in [2.75, 3.05) is 13.2 Å². The fraction of sp³-hybridized carbons (Fsp3) is 0.500. The zero-order valence-electron chi connectivity index (χ0n) is 9.29. The smallest absolute Gasteiger partial charge is 0.172 e. The number of phenols is 1. The number of aromatic hydroxyl groups is 1. The third kappa shape index (κ3) is 2.33. The molecule has 0 aromatic heterocycles. The van der Waals surface area contributed by atoms with Crippen molar-refractivity contribution in [2.45, 2.75) is 25.8 Å². The van der Waals surface area contributed by atoms with E-state index < -0.39 is 0 Å². The number of ether oxygens (including phenoxy) is 1. The average Bonchev–Trinajstić information content (AvgIpc) is 2.78. The summed E-state index contributed by atoms with van der Waals surface area (Å²) in [6.07, 6.45) is 2.34. The van der Waals surface area contributed by atoms with Crippen LogP contribution in [0.15, 0.2) is 16.6 Å². The summed E-state index contributed by atoms with van der Waals surface area (Å²) in [6.45, 7) is 3.53. The zero-order valence-corrected chi connectivity index (χ0v) is 10.9. The Hall–Kier alpha value is -0.740. The summed E-state index contributed by atoms with van der Waals surface area (Å²) in [7, 11) is 0. The average molecular weight is 286 g/mol. The van der Waals surface area contributed by atoms with Gasteiger partial charge in [-0.3, -0.25) is 0 Å². The lowest BCUT2D eigenvalue weighted by Gasteiger charge is -2.14. The predicted molar refractivity (Wildman–Crippen MR) is 67.0 cm³/mol. The molecule has 1 fully saturated rings. The standard InChI is InChI=1S/C12H16BrNO2/c1-2-16-11-7-8(6-9(13)12(11)15)10-4-3-5-14-10/h6-7,10,14-15H,2-5H2,1H3/t10-/m1/s1. The summed E-state index contributed by atoms with van der Waals surface area (Å²) >= 11 is 3.36. The predicted octanol–water partition coefficient (Wildman–Crippen LogP) is 2.98. The Bertz CT molecular complexity index is 376. The monoisotopic (exact) mass is 285 g/mol. The third-order valence-corrected chi connectivity index (χ3v) is 3.42. The molecule has 0 spiro atoms. The van der Waals surface area contributed by atoms with Crippen LogP contribution in [-0.4, -0.2) is 18.3 Å². The fourth-order valence-electron chi connectivity index (χ4n) is 2.03. The second-order valence-electron chi connectivity index (χ2n) is 3.93. The summed E-state index contributed by atoms with van der Waals surface area (Å²) in [4.78, 5) is 0. The molecule has 16 heavy (non-hydrogen) atoms. The molecule has 4 heteroatoms. The number of nitrogens with one attached hydrogen (secondary N) is 1. The summed E-state index contributed by atoms with van der Waals surface area (Å²) in [5.41, 5.74) is 1.17. The lowest BCUT2D eigenvalue weighted by molar-refractivity contribution is 0.316. The van der Waals surface area contributed by atoms with Crippen molar-refractivity contribution >= 4 is 15.9 Å². The molecule has 1 atom stereocenters. The summed E-state index contributed by atoms with van der Waals surface area (Å²) in [5.74, 6) is 0.740. The second kappa shape index (κ2) is 5.06. The molecule has 2 N–H and O–H groups in total. The van der Waals surface area contributed by atoms with Gasteiger partial charge in [0.25, 0.3) is 0 Å². The minimum atomic E-state index is 0.184. The van der Waals surface area contributed by atoms with Crippen molar-refractivity contribution in [2.24, 2.45) is 0 Å². The highest BCUT2D eigenvalue weighted by Gasteiger charge is 2.19. The van der Waals surface area contributed by atoms with Crippen LogP contribution in [0, 0.1) is 0 Å².